The summed E-state index contributed by atoms with van der Waals surface area (Å²) in [7, 11) is 3.25. The summed E-state index contributed by atoms with van der Waals surface area (Å²) in [6, 6.07) is 7.74. The normalized spacial score (nSPS) is 11.9. The molecule has 1 aromatic carbocycles. The number of ether oxygens (including phenoxy) is 2. The van der Waals surface area contributed by atoms with Crippen LogP contribution in [-0.4, -0.2) is 38.7 Å². The number of aryl methyl sites for hydroxylation is 1. The number of hydrogen-bond acceptors (Lipinski definition) is 3. The van der Waals surface area contributed by atoms with Crippen molar-refractivity contribution >= 4 is 17.5 Å². The van der Waals surface area contributed by atoms with Crippen LogP contribution in [-0.2, 0) is 16.0 Å². The second-order valence-electron chi connectivity index (χ2n) is 4.54. The zero-order valence-corrected chi connectivity index (χ0v) is 12.8. The van der Waals surface area contributed by atoms with Gasteiger partial charge in [0.15, 0.2) is 0 Å². The molecule has 0 radical (unpaired) electrons. The summed E-state index contributed by atoms with van der Waals surface area (Å²) >= 11 is 5.98. The topological polar surface area (TPSA) is 47.6 Å². The van der Waals surface area contributed by atoms with Gasteiger partial charge in [-0.05, 0) is 30.5 Å². The Kier molecular flexibility index (Phi) is 8.07. The molecule has 0 saturated carbocycles. The lowest BCUT2D eigenvalue weighted by Gasteiger charge is -2.09. The van der Waals surface area contributed by atoms with Crippen molar-refractivity contribution in [2.24, 2.45) is 0 Å². The van der Waals surface area contributed by atoms with Crippen LogP contribution in [0.25, 0.3) is 0 Å². The first-order valence-corrected chi connectivity index (χ1v) is 7.12. The Labute approximate surface area is 125 Å². The van der Waals surface area contributed by atoms with Gasteiger partial charge in [0.2, 0.25) is 5.91 Å². The van der Waals surface area contributed by atoms with Crippen molar-refractivity contribution in [3.63, 3.8) is 0 Å². The molecule has 0 saturated heterocycles. The molecule has 1 rings (SSSR count). The first-order chi connectivity index (χ1) is 9.65. The van der Waals surface area contributed by atoms with Crippen LogP contribution in [0.4, 0.5) is 0 Å². The van der Waals surface area contributed by atoms with E-state index >= 15 is 0 Å². The number of carbonyl (C=O) groups excluding carboxylic acids is 1. The second-order valence-corrected chi connectivity index (χ2v) is 5.16. The molecule has 5 heteroatoms. The third kappa shape index (κ3) is 6.78. The molecule has 20 heavy (non-hydrogen) atoms. The fraction of sp³-hybridized carbons (Fsp3) is 0.533. The fourth-order valence-corrected chi connectivity index (χ4v) is 2.01. The first kappa shape index (κ1) is 16.8. The number of methoxy groups -OCH3 is 2. The van der Waals surface area contributed by atoms with Crippen molar-refractivity contribution in [1.82, 2.24) is 5.32 Å². The lowest BCUT2D eigenvalue weighted by atomic mass is 10.1. The van der Waals surface area contributed by atoms with Crippen molar-refractivity contribution in [2.45, 2.75) is 24.6 Å². The molecule has 1 aromatic rings. The predicted octanol–water partition coefficient (Wildman–Crippen LogP) is 2.39. The molecule has 0 aliphatic rings. The highest BCUT2D eigenvalue weighted by molar-refractivity contribution is 6.20. The van der Waals surface area contributed by atoms with Crippen LogP contribution in [0, 0.1) is 0 Å². The minimum Gasteiger partial charge on any atom is -0.497 e. The van der Waals surface area contributed by atoms with Gasteiger partial charge in [-0.1, -0.05) is 12.1 Å². The summed E-state index contributed by atoms with van der Waals surface area (Å²) in [5, 5.41) is 2.81. The highest BCUT2D eigenvalue weighted by atomic mass is 35.5. The van der Waals surface area contributed by atoms with Crippen LogP contribution in [0.2, 0.25) is 0 Å². The smallest absolute Gasteiger partial charge is 0.220 e. The number of halogens is 1. The van der Waals surface area contributed by atoms with E-state index < -0.39 is 0 Å². The standard InChI is InChI=1S/C15H22ClNO3/c1-19-11-13(16)9-10-17-15(18)8-5-12-3-6-14(20-2)7-4-12/h3-4,6-7,13H,5,8-11H2,1-2H3,(H,17,18). The molecule has 1 atom stereocenters. The molecular weight excluding hydrogens is 278 g/mol. The van der Waals surface area contributed by atoms with Gasteiger partial charge in [-0.2, -0.15) is 0 Å². The highest BCUT2D eigenvalue weighted by Gasteiger charge is 2.06. The molecule has 0 aliphatic heterocycles. The van der Waals surface area contributed by atoms with Crippen LogP contribution in [0.5, 0.6) is 5.75 Å². The van der Waals surface area contributed by atoms with Gasteiger partial charge >= 0.3 is 0 Å². The fourth-order valence-electron chi connectivity index (χ4n) is 1.77. The Balaban J connectivity index is 2.19. The van der Waals surface area contributed by atoms with E-state index in [0.717, 1.165) is 17.7 Å². The highest BCUT2D eigenvalue weighted by Crippen LogP contribution is 2.12. The Morgan fingerprint density at radius 2 is 2.00 bits per heavy atom. The molecule has 0 spiro atoms. The Morgan fingerprint density at radius 3 is 2.60 bits per heavy atom. The molecule has 1 unspecified atom stereocenters. The second kappa shape index (κ2) is 9.61. The monoisotopic (exact) mass is 299 g/mol. The number of carbonyl (C=O) groups is 1. The zero-order chi connectivity index (χ0) is 14.8. The van der Waals surface area contributed by atoms with Gasteiger partial charge in [-0.25, -0.2) is 0 Å². The minimum atomic E-state index is -0.0538. The van der Waals surface area contributed by atoms with Gasteiger partial charge in [0.1, 0.15) is 5.75 Å². The maximum atomic E-state index is 11.7. The third-order valence-corrected chi connectivity index (χ3v) is 3.27. The number of nitrogens with one attached hydrogen (secondary N) is 1. The maximum Gasteiger partial charge on any atom is 0.220 e. The van der Waals surface area contributed by atoms with Gasteiger partial charge in [-0.15, -0.1) is 11.6 Å². The van der Waals surface area contributed by atoms with Crippen molar-refractivity contribution in [3.05, 3.63) is 29.8 Å². The summed E-state index contributed by atoms with van der Waals surface area (Å²) in [5.74, 6) is 0.867. The van der Waals surface area contributed by atoms with Crippen molar-refractivity contribution < 1.29 is 14.3 Å². The Bertz CT molecular complexity index is 395. The van der Waals surface area contributed by atoms with Crippen LogP contribution in [0.15, 0.2) is 24.3 Å². The van der Waals surface area contributed by atoms with Crippen LogP contribution in [0.3, 0.4) is 0 Å². The Hall–Kier alpha value is -1.26. The van der Waals surface area contributed by atoms with E-state index in [9.17, 15) is 4.79 Å². The number of hydrogen-bond donors (Lipinski definition) is 1. The predicted molar refractivity (Wildman–Crippen MR) is 80.5 cm³/mol. The average Bonchev–Trinajstić information content (AvgIpc) is 2.46. The molecule has 4 nitrogen and oxygen atoms in total. The van der Waals surface area contributed by atoms with Gasteiger partial charge in [0, 0.05) is 20.1 Å². The summed E-state index contributed by atoms with van der Waals surface area (Å²) < 4.78 is 10.0. The van der Waals surface area contributed by atoms with Crippen molar-refractivity contribution in [2.75, 3.05) is 27.4 Å². The summed E-state index contributed by atoms with van der Waals surface area (Å²) in [4.78, 5) is 11.7. The molecule has 1 amide bonds. The molecule has 0 aromatic heterocycles. The lowest BCUT2D eigenvalue weighted by Crippen LogP contribution is -2.27. The third-order valence-electron chi connectivity index (χ3n) is 2.93. The quantitative estimate of drug-likeness (QED) is 0.712. The van der Waals surface area contributed by atoms with E-state index in [0.29, 0.717) is 26.0 Å². The minimum absolute atomic E-state index is 0.0436. The molecule has 0 bridgehead atoms. The summed E-state index contributed by atoms with van der Waals surface area (Å²) in [6.45, 7) is 1.09. The van der Waals surface area contributed by atoms with E-state index in [2.05, 4.69) is 5.32 Å². The molecule has 0 aliphatic carbocycles. The molecule has 1 N–H and O–H groups in total. The van der Waals surface area contributed by atoms with Crippen molar-refractivity contribution in [3.8, 4) is 5.75 Å². The zero-order valence-electron chi connectivity index (χ0n) is 12.0. The van der Waals surface area contributed by atoms with E-state index in [-0.39, 0.29) is 11.3 Å². The summed E-state index contributed by atoms with van der Waals surface area (Å²) in [6.07, 6.45) is 1.91. The van der Waals surface area contributed by atoms with Gasteiger partial charge in [0.25, 0.3) is 0 Å². The molecule has 0 heterocycles. The van der Waals surface area contributed by atoms with Gasteiger partial charge in [-0.3, -0.25) is 4.79 Å². The Morgan fingerprint density at radius 1 is 1.30 bits per heavy atom. The van der Waals surface area contributed by atoms with E-state index in [4.69, 9.17) is 21.1 Å². The van der Waals surface area contributed by atoms with E-state index in [1.165, 1.54) is 0 Å². The van der Waals surface area contributed by atoms with Crippen LogP contribution >= 0.6 is 11.6 Å². The SMILES string of the molecule is COCC(Cl)CCNC(=O)CCc1ccc(OC)cc1. The molecule has 0 fully saturated rings. The maximum absolute atomic E-state index is 11.7. The first-order valence-electron chi connectivity index (χ1n) is 6.68. The number of benzene rings is 1. The molecule has 112 valence electrons. The van der Waals surface area contributed by atoms with E-state index in [1.807, 2.05) is 24.3 Å². The van der Waals surface area contributed by atoms with Gasteiger partial charge < -0.3 is 14.8 Å². The van der Waals surface area contributed by atoms with Crippen LogP contribution in [0.1, 0.15) is 18.4 Å². The average molecular weight is 300 g/mol. The van der Waals surface area contributed by atoms with Crippen LogP contribution < -0.4 is 10.1 Å². The number of amides is 1. The molecular formula is C15H22ClNO3. The lowest BCUT2D eigenvalue weighted by molar-refractivity contribution is -0.121. The van der Waals surface area contributed by atoms with E-state index in [1.54, 1.807) is 14.2 Å². The number of rotatable bonds is 9. The number of alkyl halides is 1. The summed E-state index contributed by atoms with van der Waals surface area (Å²) in [5.41, 5.74) is 1.12. The van der Waals surface area contributed by atoms with Gasteiger partial charge in [0.05, 0.1) is 19.1 Å². The van der Waals surface area contributed by atoms with Crippen molar-refractivity contribution in [1.29, 1.82) is 0 Å². The largest absolute Gasteiger partial charge is 0.497 e.